The second kappa shape index (κ2) is 8.08. The van der Waals surface area contributed by atoms with Crippen molar-refractivity contribution in [1.29, 1.82) is 0 Å². The van der Waals surface area contributed by atoms with Crippen molar-refractivity contribution in [2.75, 3.05) is 18.9 Å². The third-order valence-electron chi connectivity index (χ3n) is 4.22. The number of hydrogen-bond donors (Lipinski definition) is 2. The molecule has 7 heteroatoms. The Labute approximate surface area is 144 Å². The lowest BCUT2D eigenvalue weighted by atomic mass is 9.96. The summed E-state index contributed by atoms with van der Waals surface area (Å²) >= 11 is 5.12. The summed E-state index contributed by atoms with van der Waals surface area (Å²) in [6.07, 6.45) is 5.32. The molecule has 1 aliphatic carbocycles. The van der Waals surface area contributed by atoms with Crippen LogP contribution in [0, 0.1) is 0 Å². The summed E-state index contributed by atoms with van der Waals surface area (Å²) < 4.78 is 27.0. The molecule has 2 rings (SSSR count). The van der Waals surface area contributed by atoms with Gasteiger partial charge in [0.2, 0.25) is 10.0 Å². The van der Waals surface area contributed by atoms with Gasteiger partial charge in [-0.05, 0) is 56.2 Å². The van der Waals surface area contributed by atoms with E-state index in [0.717, 1.165) is 37.9 Å². The van der Waals surface area contributed by atoms with Crippen molar-refractivity contribution >= 4 is 33.0 Å². The highest BCUT2D eigenvalue weighted by molar-refractivity contribution is 7.89. The van der Waals surface area contributed by atoms with Gasteiger partial charge in [0.15, 0.2) is 5.11 Å². The van der Waals surface area contributed by atoms with Gasteiger partial charge in [-0.25, -0.2) is 8.42 Å². The van der Waals surface area contributed by atoms with Gasteiger partial charge in [-0.15, -0.1) is 0 Å². The minimum atomic E-state index is -3.44. The van der Waals surface area contributed by atoms with E-state index in [1.54, 1.807) is 31.3 Å². The molecule has 23 heavy (non-hydrogen) atoms. The number of nitrogens with one attached hydrogen (secondary N) is 2. The number of benzene rings is 1. The van der Waals surface area contributed by atoms with Crippen molar-refractivity contribution in [3.05, 3.63) is 24.3 Å². The van der Waals surface area contributed by atoms with Gasteiger partial charge >= 0.3 is 0 Å². The molecule has 1 aliphatic rings. The highest BCUT2D eigenvalue weighted by Gasteiger charge is 2.28. The van der Waals surface area contributed by atoms with Gasteiger partial charge in [0.25, 0.3) is 0 Å². The maximum Gasteiger partial charge on any atom is 0.243 e. The number of anilines is 1. The van der Waals surface area contributed by atoms with Gasteiger partial charge in [-0.1, -0.05) is 19.3 Å². The fourth-order valence-corrected chi connectivity index (χ4v) is 4.53. The zero-order valence-corrected chi connectivity index (χ0v) is 15.3. The average Bonchev–Trinajstić information content (AvgIpc) is 2.55. The van der Waals surface area contributed by atoms with Crippen molar-refractivity contribution in [3.8, 4) is 0 Å². The van der Waals surface area contributed by atoms with Crippen LogP contribution in [0.4, 0.5) is 5.69 Å². The molecule has 0 atom stereocenters. The van der Waals surface area contributed by atoms with Crippen molar-refractivity contribution in [3.63, 3.8) is 0 Å². The molecule has 0 saturated heterocycles. The molecule has 1 aromatic carbocycles. The van der Waals surface area contributed by atoms with Crippen LogP contribution in [0.1, 0.15) is 39.0 Å². The fraction of sp³-hybridized carbons (Fsp3) is 0.562. The first-order chi connectivity index (χ1) is 10.9. The molecule has 128 valence electrons. The van der Waals surface area contributed by atoms with E-state index in [1.807, 2.05) is 6.92 Å². The monoisotopic (exact) mass is 355 g/mol. The Hall–Kier alpha value is -1.18. The lowest BCUT2D eigenvalue weighted by Gasteiger charge is -2.30. The summed E-state index contributed by atoms with van der Waals surface area (Å²) in [5.41, 5.74) is 0.773. The number of hydrogen-bond acceptors (Lipinski definition) is 3. The second-order valence-corrected chi connectivity index (χ2v) is 8.23. The summed E-state index contributed by atoms with van der Waals surface area (Å²) in [6.45, 7) is 2.70. The highest BCUT2D eigenvalue weighted by Crippen LogP contribution is 2.26. The van der Waals surface area contributed by atoms with Gasteiger partial charge in [0.1, 0.15) is 0 Å². The number of nitrogens with zero attached hydrogens (tertiary/aromatic N) is 1. The lowest BCUT2D eigenvalue weighted by molar-refractivity contribution is 0.286. The van der Waals surface area contributed by atoms with E-state index in [-0.39, 0.29) is 6.04 Å². The SMILES string of the molecule is CCNC(=S)Nc1ccc(S(=O)(=O)N(C)C2CCCCC2)cc1. The maximum absolute atomic E-state index is 12.7. The van der Waals surface area contributed by atoms with Crippen LogP contribution in [-0.2, 0) is 10.0 Å². The number of thiocarbonyl (C=S) groups is 1. The average molecular weight is 356 g/mol. The molecule has 0 heterocycles. The van der Waals surface area contributed by atoms with Crippen LogP contribution in [-0.4, -0.2) is 37.5 Å². The Morgan fingerprint density at radius 3 is 2.39 bits per heavy atom. The van der Waals surface area contributed by atoms with Crippen LogP contribution >= 0.6 is 12.2 Å². The molecule has 5 nitrogen and oxygen atoms in total. The first-order valence-corrected chi connectivity index (χ1v) is 9.93. The summed E-state index contributed by atoms with van der Waals surface area (Å²) in [5, 5.41) is 6.55. The fourth-order valence-electron chi connectivity index (χ4n) is 2.85. The molecule has 1 fully saturated rings. The molecule has 0 radical (unpaired) electrons. The van der Waals surface area contributed by atoms with Gasteiger partial charge < -0.3 is 10.6 Å². The van der Waals surface area contributed by atoms with Crippen LogP contribution in [0.25, 0.3) is 0 Å². The number of rotatable bonds is 5. The van der Waals surface area contributed by atoms with Gasteiger partial charge in [-0.2, -0.15) is 4.31 Å². The van der Waals surface area contributed by atoms with E-state index in [0.29, 0.717) is 10.0 Å². The molecule has 0 unspecified atom stereocenters. The predicted molar refractivity (Wildman–Crippen MR) is 98.2 cm³/mol. The van der Waals surface area contributed by atoms with E-state index in [2.05, 4.69) is 10.6 Å². The third kappa shape index (κ3) is 4.65. The smallest absolute Gasteiger partial charge is 0.243 e. The summed E-state index contributed by atoms with van der Waals surface area (Å²) in [5.74, 6) is 0. The largest absolute Gasteiger partial charge is 0.363 e. The minimum Gasteiger partial charge on any atom is -0.363 e. The van der Waals surface area contributed by atoms with E-state index in [4.69, 9.17) is 12.2 Å². The molecule has 1 saturated carbocycles. The summed E-state index contributed by atoms with van der Waals surface area (Å²) in [4.78, 5) is 0.325. The molecule has 1 aromatic rings. The first kappa shape index (κ1) is 18.2. The zero-order valence-electron chi connectivity index (χ0n) is 13.7. The van der Waals surface area contributed by atoms with Crippen LogP contribution in [0.2, 0.25) is 0 Å². The Balaban J connectivity index is 2.09. The molecule has 0 amide bonds. The van der Waals surface area contributed by atoms with Gasteiger partial charge in [0, 0.05) is 25.3 Å². The highest BCUT2D eigenvalue weighted by atomic mass is 32.2. The predicted octanol–water partition coefficient (Wildman–Crippen LogP) is 2.95. The topological polar surface area (TPSA) is 61.4 Å². The van der Waals surface area contributed by atoms with Crippen molar-refractivity contribution in [2.24, 2.45) is 0 Å². The molecule has 0 aromatic heterocycles. The van der Waals surface area contributed by atoms with Crippen molar-refractivity contribution in [2.45, 2.75) is 50.0 Å². The summed E-state index contributed by atoms with van der Waals surface area (Å²) in [6, 6.07) is 6.86. The Bertz CT molecular complexity index is 623. The van der Waals surface area contributed by atoms with Crippen LogP contribution < -0.4 is 10.6 Å². The van der Waals surface area contributed by atoms with E-state index < -0.39 is 10.0 Å². The van der Waals surface area contributed by atoms with E-state index >= 15 is 0 Å². The normalized spacial score (nSPS) is 16.3. The summed E-state index contributed by atoms with van der Waals surface area (Å²) in [7, 11) is -1.74. The first-order valence-electron chi connectivity index (χ1n) is 8.08. The Morgan fingerprint density at radius 1 is 1.22 bits per heavy atom. The second-order valence-electron chi connectivity index (χ2n) is 5.82. The lowest BCUT2D eigenvalue weighted by Crippen LogP contribution is -2.38. The number of sulfonamides is 1. The molecule has 2 N–H and O–H groups in total. The van der Waals surface area contributed by atoms with E-state index in [1.165, 1.54) is 10.7 Å². The van der Waals surface area contributed by atoms with Gasteiger partial charge in [-0.3, -0.25) is 0 Å². The molecule has 0 spiro atoms. The zero-order chi connectivity index (χ0) is 16.9. The standard InChI is InChI=1S/C16H25N3O2S2/c1-3-17-16(22)18-13-9-11-15(12-10-13)23(20,21)19(2)14-7-5-4-6-8-14/h9-12,14H,3-8H2,1-2H3,(H2,17,18,22). The molecular formula is C16H25N3O2S2. The van der Waals surface area contributed by atoms with Crippen LogP contribution in [0.15, 0.2) is 29.2 Å². The Morgan fingerprint density at radius 2 is 1.83 bits per heavy atom. The van der Waals surface area contributed by atoms with E-state index in [9.17, 15) is 8.42 Å². The van der Waals surface area contributed by atoms with Crippen LogP contribution in [0.5, 0.6) is 0 Å². The minimum absolute atomic E-state index is 0.118. The Kier molecular flexibility index (Phi) is 6.38. The quantitative estimate of drug-likeness (QED) is 0.795. The van der Waals surface area contributed by atoms with Crippen molar-refractivity contribution < 1.29 is 8.42 Å². The molecule has 0 bridgehead atoms. The molecular weight excluding hydrogens is 330 g/mol. The van der Waals surface area contributed by atoms with Gasteiger partial charge in [0.05, 0.1) is 4.90 Å². The molecule has 0 aliphatic heterocycles. The van der Waals surface area contributed by atoms with Crippen LogP contribution in [0.3, 0.4) is 0 Å². The maximum atomic E-state index is 12.7. The third-order valence-corrected chi connectivity index (χ3v) is 6.39. The van der Waals surface area contributed by atoms with Crippen molar-refractivity contribution in [1.82, 2.24) is 9.62 Å².